The van der Waals surface area contributed by atoms with E-state index in [2.05, 4.69) is 0 Å². The number of ether oxygens (including phenoxy) is 1. The highest BCUT2D eigenvalue weighted by molar-refractivity contribution is 6.23. The molecule has 0 radical (unpaired) electrons. The monoisotopic (exact) mass is 284 g/mol. The van der Waals surface area contributed by atoms with Gasteiger partial charge in [-0.15, -0.1) is 0 Å². The summed E-state index contributed by atoms with van der Waals surface area (Å²) in [7, 11) is 1.59. The lowest BCUT2D eigenvalue weighted by Gasteiger charge is -2.10. The quantitative estimate of drug-likeness (QED) is 0.625. The third-order valence-corrected chi connectivity index (χ3v) is 3.41. The molecule has 0 spiro atoms. The van der Waals surface area contributed by atoms with Crippen molar-refractivity contribution in [2.45, 2.75) is 13.8 Å². The van der Waals surface area contributed by atoms with E-state index in [1.165, 1.54) is 13.8 Å². The van der Waals surface area contributed by atoms with Crippen LogP contribution in [0.15, 0.2) is 36.4 Å². The van der Waals surface area contributed by atoms with Gasteiger partial charge in [-0.25, -0.2) is 0 Å². The first kappa shape index (κ1) is 14.9. The van der Waals surface area contributed by atoms with Crippen LogP contribution < -0.4 is 4.74 Å². The Morgan fingerprint density at radius 3 is 2.05 bits per heavy atom. The van der Waals surface area contributed by atoms with E-state index in [0.717, 1.165) is 16.5 Å². The molecule has 2 rings (SSSR count). The van der Waals surface area contributed by atoms with Crippen molar-refractivity contribution in [1.29, 1.82) is 0 Å². The predicted octanol–water partition coefficient (Wildman–Crippen LogP) is 2.83. The van der Waals surface area contributed by atoms with Gasteiger partial charge < -0.3 is 4.74 Å². The number of benzene rings is 2. The van der Waals surface area contributed by atoms with Crippen LogP contribution in [0.25, 0.3) is 10.8 Å². The minimum atomic E-state index is -1.21. The van der Waals surface area contributed by atoms with Crippen LogP contribution in [0.3, 0.4) is 0 Å². The van der Waals surface area contributed by atoms with Crippen LogP contribution >= 0.6 is 0 Å². The van der Waals surface area contributed by atoms with Crippen LogP contribution in [0.2, 0.25) is 0 Å². The SMILES string of the molecule is COc1ccc2cc(C(=O)C(C(C)=O)C(C)=O)ccc2c1. The van der Waals surface area contributed by atoms with Crippen molar-refractivity contribution in [2.75, 3.05) is 7.11 Å². The number of Topliss-reactive ketones (excluding diaryl/α,β-unsaturated/α-hetero) is 3. The lowest BCUT2D eigenvalue weighted by atomic mass is 9.90. The maximum Gasteiger partial charge on any atom is 0.180 e. The molecule has 0 N–H and O–H groups in total. The molecule has 2 aromatic carbocycles. The Hall–Kier alpha value is -2.49. The first-order chi connectivity index (χ1) is 9.93. The number of rotatable bonds is 5. The highest BCUT2D eigenvalue weighted by atomic mass is 16.5. The second-order valence-corrected chi connectivity index (χ2v) is 4.95. The summed E-state index contributed by atoms with van der Waals surface area (Å²) in [5.41, 5.74) is 0.364. The highest BCUT2D eigenvalue weighted by Crippen LogP contribution is 2.23. The molecular weight excluding hydrogens is 268 g/mol. The maximum atomic E-state index is 12.3. The minimum absolute atomic E-state index is 0.364. The van der Waals surface area contributed by atoms with E-state index in [-0.39, 0.29) is 0 Å². The van der Waals surface area contributed by atoms with Gasteiger partial charge in [0.25, 0.3) is 0 Å². The van der Waals surface area contributed by atoms with E-state index < -0.39 is 23.3 Å². The van der Waals surface area contributed by atoms with Crippen molar-refractivity contribution >= 4 is 28.1 Å². The number of methoxy groups -OCH3 is 1. The minimum Gasteiger partial charge on any atom is -0.497 e. The van der Waals surface area contributed by atoms with Crippen LogP contribution in [0, 0.1) is 5.92 Å². The van der Waals surface area contributed by atoms with E-state index in [4.69, 9.17) is 4.74 Å². The van der Waals surface area contributed by atoms with Crippen LogP contribution in [0.4, 0.5) is 0 Å². The molecule has 0 heterocycles. The lowest BCUT2D eigenvalue weighted by Crippen LogP contribution is -2.28. The fourth-order valence-electron chi connectivity index (χ4n) is 2.33. The third-order valence-electron chi connectivity index (χ3n) is 3.41. The van der Waals surface area contributed by atoms with Gasteiger partial charge in [0.05, 0.1) is 7.11 Å². The van der Waals surface area contributed by atoms with Crippen molar-refractivity contribution in [3.63, 3.8) is 0 Å². The molecule has 0 atom stereocenters. The second kappa shape index (κ2) is 5.87. The molecule has 108 valence electrons. The Labute approximate surface area is 122 Å². The summed E-state index contributed by atoms with van der Waals surface area (Å²) in [6.07, 6.45) is 0. The average molecular weight is 284 g/mol. The zero-order valence-corrected chi connectivity index (χ0v) is 12.2. The van der Waals surface area contributed by atoms with Crippen LogP contribution in [0.1, 0.15) is 24.2 Å². The first-order valence-electron chi connectivity index (χ1n) is 6.57. The Morgan fingerprint density at radius 2 is 1.48 bits per heavy atom. The summed E-state index contributed by atoms with van der Waals surface area (Å²) >= 11 is 0. The molecule has 0 aliphatic heterocycles. The van der Waals surface area contributed by atoms with Gasteiger partial charge in [0, 0.05) is 5.56 Å². The van der Waals surface area contributed by atoms with Crippen molar-refractivity contribution in [2.24, 2.45) is 5.92 Å². The van der Waals surface area contributed by atoms with Gasteiger partial charge >= 0.3 is 0 Å². The van der Waals surface area contributed by atoms with Gasteiger partial charge in [-0.2, -0.15) is 0 Å². The summed E-state index contributed by atoms with van der Waals surface area (Å²) in [4.78, 5) is 35.3. The normalized spacial score (nSPS) is 10.7. The summed E-state index contributed by atoms with van der Waals surface area (Å²) < 4.78 is 5.14. The van der Waals surface area contributed by atoms with Gasteiger partial charge in [0.2, 0.25) is 0 Å². The average Bonchev–Trinajstić information content (AvgIpc) is 2.45. The Balaban J connectivity index is 2.45. The van der Waals surface area contributed by atoms with Crippen LogP contribution in [0.5, 0.6) is 5.75 Å². The molecule has 0 bridgehead atoms. The van der Waals surface area contributed by atoms with Crippen molar-refractivity contribution < 1.29 is 19.1 Å². The van der Waals surface area contributed by atoms with Gasteiger partial charge in [-0.3, -0.25) is 14.4 Å². The fourth-order valence-corrected chi connectivity index (χ4v) is 2.33. The summed E-state index contributed by atoms with van der Waals surface area (Å²) in [6.45, 7) is 2.52. The smallest absolute Gasteiger partial charge is 0.180 e. The number of carbonyl (C=O) groups excluding carboxylic acids is 3. The van der Waals surface area contributed by atoms with Gasteiger partial charge in [0.15, 0.2) is 5.78 Å². The number of fused-ring (bicyclic) bond motifs is 1. The molecule has 0 aliphatic carbocycles. The van der Waals surface area contributed by atoms with Crippen LogP contribution in [-0.2, 0) is 9.59 Å². The van der Waals surface area contributed by atoms with Crippen LogP contribution in [-0.4, -0.2) is 24.5 Å². The number of carbonyl (C=O) groups is 3. The molecule has 0 aliphatic rings. The van der Waals surface area contributed by atoms with E-state index in [1.807, 2.05) is 12.1 Å². The van der Waals surface area contributed by atoms with Crippen molar-refractivity contribution in [3.05, 3.63) is 42.0 Å². The van der Waals surface area contributed by atoms with E-state index in [9.17, 15) is 14.4 Å². The van der Waals surface area contributed by atoms with Gasteiger partial charge in [-0.1, -0.05) is 18.2 Å². The van der Waals surface area contributed by atoms with Crippen molar-refractivity contribution in [1.82, 2.24) is 0 Å². The number of hydrogen-bond donors (Lipinski definition) is 0. The summed E-state index contributed by atoms with van der Waals surface area (Å²) in [5, 5.41) is 1.78. The van der Waals surface area contributed by atoms with Crippen molar-refractivity contribution in [3.8, 4) is 5.75 Å². The van der Waals surface area contributed by atoms with Gasteiger partial charge in [0.1, 0.15) is 23.2 Å². The molecule has 4 heteroatoms. The topological polar surface area (TPSA) is 60.4 Å². The number of ketones is 3. The van der Waals surface area contributed by atoms with E-state index in [0.29, 0.717) is 5.56 Å². The van der Waals surface area contributed by atoms with Gasteiger partial charge in [-0.05, 0) is 42.8 Å². The zero-order valence-electron chi connectivity index (χ0n) is 12.2. The molecule has 21 heavy (non-hydrogen) atoms. The zero-order chi connectivity index (χ0) is 15.6. The second-order valence-electron chi connectivity index (χ2n) is 4.95. The standard InChI is InChI=1S/C17H16O4/c1-10(18)16(11(2)19)17(20)14-5-4-13-9-15(21-3)7-6-12(13)8-14/h4-9,16H,1-3H3. The third kappa shape index (κ3) is 2.99. The lowest BCUT2D eigenvalue weighted by molar-refractivity contribution is -0.128. The Morgan fingerprint density at radius 1 is 0.905 bits per heavy atom. The molecule has 4 nitrogen and oxygen atoms in total. The highest BCUT2D eigenvalue weighted by Gasteiger charge is 2.28. The molecule has 0 saturated carbocycles. The van der Waals surface area contributed by atoms with E-state index >= 15 is 0 Å². The summed E-state index contributed by atoms with van der Waals surface area (Å²) in [6, 6.07) is 10.6. The largest absolute Gasteiger partial charge is 0.497 e. The molecular formula is C17H16O4. The molecule has 0 amide bonds. The molecule has 0 fully saturated rings. The Kier molecular flexibility index (Phi) is 4.17. The Bertz CT molecular complexity index is 717. The first-order valence-corrected chi connectivity index (χ1v) is 6.57. The van der Waals surface area contributed by atoms with E-state index in [1.54, 1.807) is 31.4 Å². The molecule has 0 aromatic heterocycles. The predicted molar refractivity (Wildman–Crippen MR) is 79.7 cm³/mol. The molecule has 2 aromatic rings. The summed E-state index contributed by atoms with van der Waals surface area (Å²) in [5.74, 6) is -1.79. The maximum absolute atomic E-state index is 12.3. The molecule has 0 saturated heterocycles. The fraction of sp³-hybridized carbons (Fsp3) is 0.235. The number of hydrogen-bond acceptors (Lipinski definition) is 4. The molecule has 0 unspecified atom stereocenters.